The van der Waals surface area contributed by atoms with Crippen LogP contribution in [0.3, 0.4) is 0 Å². The predicted molar refractivity (Wildman–Crippen MR) is 159 cm³/mol. The molecule has 2 fully saturated rings. The highest BCUT2D eigenvalue weighted by Crippen LogP contribution is 2.45. The van der Waals surface area contributed by atoms with Gasteiger partial charge in [0.2, 0.25) is 0 Å². The molecule has 3 aliphatic rings. The lowest BCUT2D eigenvalue weighted by molar-refractivity contribution is -0.129. The number of nitrogens with one attached hydrogen (secondary N) is 1. The third-order valence-electron chi connectivity index (χ3n) is 8.18. The highest BCUT2D eigenvalue weighted by molar-refractivity contribution is 9.10. The molecule has 6 rings (SSSR count). The maximum Gasteiger partial charge on any atom is 0.252 e. The fourth-order valence-electron chi connectivity index (χ4n) is 6.34. The van der Waals surface area contributed by atoms with E-state index in [1.807, 2.05) is 19.9 Å². The van der Waals surface area contributed by atoms with Gasteiger partial charge in [-0.25, -0.2) is 0 Å². The molecule has 200 valence electrons. The second-order valence-corrected chi connectivity index (χ2v) is 12.3. The van der Waals surface area contributed by atoms with Gasteiger partial charge in [0.15, 0.2) is 5.11 Å². The number of thiocarbonyl (C=S) groups is 1. The summed E-state index contributed by atoms with van der Waals surface area (Å²) in [5.74, 6) is 0.975. The van der Waals surface area contributed by atoms with E-state index in [0.29, 0.717) is 11.5 Å². The molecule has 2 unspecified atom stereocenters. The lowest BCUT2D eigenvalue weighted by atomic mass is 9.89. The average molecular weight is 596 g/mol. The van der Waals surface area contributed by atoms with Gasteiger partial charge in [-0.2, -0.15) is 0 Å². The summed E-state index contributed by atoms with van der Waals surface area (Å²) in [5, 5.41) is 1.78. The number of benzene rings is 2. The van der Waals surface area contributed by atoms with Crippen LogP contribution < -0.4 is 4.74 Å². The number of rotatable bonds is 7. The molecule has 1 aromatic heterocycles. The van der Waals surface area contributed by atoms with Crippen molar-refractivity contribution in [2.75, 3.05) is 26.2 Å². The number of aromatic nitrogens is 1. The molecule has 0 bridgehead atoms. The number of fused-ring (bicyclic) bond motifs is 4. The maximum absolute atomic E-state index is 13.6. The van der Waals surface area contributed by atoms with Gasteiger partial charge in [0.25, 0.3) is 5.91 Å². The second-order valence-electron chi connectivity index (χ2n) is 11.0. The number of aromatic amines is 1. The van der Waals surface area contributed by atoms with Gasteiger partial charge in [0.1, 0.15) is 11.8 Å². The van der Waals surface area contributed by atoms with Crippen LogP contribution in [0.25, 0.3) is 10.9 Å². The van der Waals surface area contributed by atoms with Crippen LogP contribution in [0.4, 0.5) is 0 Å². The van der Waals surface area contributed by atoms with Crippen molar-refractivity contribution in [3.8, 4) is 5.75 Å². The van der Waals surface area contributed by atoms with Crippen LogP contribution in [0.15, 0.2) is 46.9 Å². The molecule has 1 amide bonds. The Morgan fingerprint density at radius 1 is 1.11 bits per heavy atom. The fraction of sp³-hybridized carbons (Fsp3) is 0.467. The van der Waals surface area contributed by atoms with Crippen LogP contribution in [0.5, 0.6) is 5.75 Å². The highest BCUT2D eigenvalue weighted by Gasteiger charge is 2.51. The van der Waals surface area contributed by atoms with E-state index in [2.05, 4.69) is 67.1 Å². The van der Waals surface area contributed by atoms with Crippen LogP contribution in [-0.2, 0) is 11.2 Å². The topological polar surface area (TPSA) is 51.8 Å². The van der Waals surface area contributed by atoms with Crippen LogP contribution in [-0.4, -0.2) is 69.0 Å². The third-order valence-corrected chi connectivity index (χ3v) is 9.08. The first-order valence-electron chi connectivity index (χ1n) is 13.8. The molecule has 4 heterocycles. The summed E-state index contributed by atoms with van der Waals surface area (Å²) in [4.78, 5) is 23.7. The smallest absolute Gasteiger partial charge is 0.252 e. The van der Waals surface area contributed by atoms with E-state index < -0.39 is 0 Å². The number of carbonyl (C=O) groups excluding carboxylic acids is 1. The van der Waals surface area contributed by atoms with E-state index in [4.69, 9.17) is 17.0 Å². The molecule has 0 saturated carbocycles. The van der Waals surface area contributed by atoms with E-state index in [-0.39, 0.29) is 24.0 Å². The van der Waals surface area contributed by atoms with Gasteiger partial charge < -0.3 is 19.5 Å². The first-order chi connectivity index (χ1) is 18.4. The van der Waals surface area contributed by atoms with Crippen molar-refractivity contribution >= 4 is 50.1 Å². The Balaban J connectivity index is 1.27. The molecular formula is C30H35BrN4O2S. The summed E-state index contributed by atoms with van der Waals surface area (Å²) in [6.45, 7) is 8.32. The zero-order chi connectivity index (χ0) is 26.4. The van der Waals surface area contributed by atoms with Gasteiger partial charge in [-0.05, 0) is 99.9 Å². The first-order valence-corrected chi connectivity index (χ1v) is 15.0. The number of likely N-dealkylation sites (tertiary alicyclic amines) is 1. The molecule has 2 saturated heterocycles. The fourth-order valence-corrected chi connectivity index (χ4v) is 7.24. The van der Waals surface area contributed by atoms with Gasteiger partial charge >= 0.3 is 0 Å². The molecule has 8 heteroatoms. The van der Waals surface area contributed by atoms with Crippen molar-refractivity contribution in [3.63, 3.8) is 0 Å². The average Bonchev–Trinajstić information content (AvgIpc) is 3.40. The second kappa shape index (κ2) is 10.6. The Hall–Kier alpha value is -2.42. The van der Waals surface area contributed by atoms with Crippen LogP contribution >= 0.6 is 28.1 Å². The molecule has 0 radical (unpaired) electrons. The van der Waals surface area contributed by atoms with Gasteiger partial charge in [-0.15, -0.1) is 0 Å². The molecule has 6 nitrogen and oxygen atoms in total. The molecule has 38 heavy (non-hydrogen) atoms. The largest absolute Gasteiger partial charge is 0.494 e. The molecular weight excluding hydrogens is 560 g/mol. The van der Waals surface area contributed by atoms with Crippen molar-refractivity contribution in [3.05, 3.63) is 63.8 Å². The van der Waals surface area contributed by atoms with Crippen molar-refractivity contribution in [1.82, 2.24) is 19.7 Å². The number of hydrogen-bond donors (Lipinski definition) is 1. The number of amides is 1. The molecule has 0 spiro atoms. The van der Waals surface area contributed by atoms with Crippen LogP contribution in [0, 0.1) is 0 Å². The van der Waals surface area contributed by atoms with Gasteiger partial charge in [0, 0.05) is 40.1 Å². The number of nitrogens with zero attached hydrogens (tertiary/aromatic N) is 3. The van der Waals surface area contributed by atoms with Crippen molar-refractivity contribution < 1.29 is 9.53 Å². The number of halogens is 1. The minimum Gasteiger partial charge on any atom is -0.494 e. The minimum atomic E-state index is -0.300. The number of H-pyrrole nitrogens is 1. The quantitative estimate of drug-likeness (QED) is 0.267. The van der Waals surface area contributed by atoms with E-state index in [1.165, 1.54) is 37.9 Å². The Bertz CT molecular complexity index is 1350. The molecule has 2 atom stereocenters. The third kappa shape index (κ3) is 4.65. The van der Waals surface area contributed by atoms with E-state index in [0.717, 1.165) is 52.0 Å². The zero-order valence-corrected chi connectivity index (χ0v) is 24.5. The summed E-state index contributed by atoms with van der Waals surface area (Å²) in [5.41, 5.74) is 4.50. The highest BCUT2D eigenvalue weighted by atomic mass is 79.9. The molecule has 3 aromatic rings. The summed E-state index contributed by atoms with van der Waals surface area (Å²) in [6.07, 6.45) is 5.68. The maximum atomic E-state index is 13.6. The number of piperidine rings is 1. The summed E-state index contributed by atoms with van der Waals surface area (Å²) in [6, 6.07) is 14.2. The number of ether oxygens (including phenoxy) is 1. The minimum absolute atomic E-state index is 0.0196. The Labute approximate surface area is 238 Å². The summed E-state index contributed by atoms with van der Waals surface area (Å²) in [7, 11) is 0. The molecule has 2 aromatic carbocycles. The van der Waals surface area contributed by atoms with E-state index >= 15 is 0 Å². The first kappa shape index (κ1) is 25.8. The Morgan fingerprint density at radius 2 is 1.87 bits per heavy atom. The molecule has 1 N–H and O–H groups in total. The lowest BCUT2D eigenvalue weighted by Gasteiger charge is -2.37. The lowest BCUT2D eigenvalue weighted by Crippen LogP contribution is -2.44. The van der Waals surface area contributed by atoms with Crippen molar-refractivity contribution in [2.45, 2.75) is 64.1 Å². The van der Waals surface area contributed by atoms with Gasteiger partial charge in [-0.3, -0.25) is 9.69 Å². The SMILES string of the molecule is CC(C)N1C(=O)C2Cc3c([nH]c4ccc(Br)cc34)C(c3ccc(OCCCN4CCCCC4)cc3)N2C1=S. The van der Waals surface area contributed by atoms with Crippen LogP contribution in [0.2, 0.25) is 0 Å². The molecule has 0 aliphatic carbocycles. The van der Waals surface area contributed by atoms with E-state index in [9.17, 15) is 4.79 Å². The van der Waals surface area contributed by atoms with Crippen LogP contribution in [0.1, 0.15) is 62.4 Å². The van der Waals surface area contributed by atoms with Gasteiger partial charge in [-0.1, -0.05) is 34.5 Å². The normalized spacial score (nSPS) is 21.9. The molecule has 3 aliphatic heterocycles. The monoisotopic (exact) mass is 594 g/mol. The van der Waals surface area contributed by atoms with E-state index in [1.54, 1.807) is 4.90 Å². The predicted octanol–water partition coefficient (Wildman–Crippen LogP) is 6.04. The standard InChI is InChI=1S/C30H35BrN4O2S/c1-19(2)34-29(36)26-18-24-23-17-21(31)9-12-25(23)32-27(24)28(35(26)30(34)38)20-7-10-22(11-8-20)37-16-6-15-33-13-4-3-5-14-33/h7-12,17,19,26,28,32H,3-6,13-16,18H2,1-2H3. The van der Waals surface area contributed by atoms with Crippen molar-refractivity contribution in [2.24, 2.45) is 0 Å². The number of hydrogen-bond acceptors (Lipinski definition) is 4. The summed E-state index contributed by atoms with van der Waals surface area (Å²) < 4.78 is 7.13. The Kier molecular flexibility index (Phi) is 7.22. The Morgan fingerprint density at radius 3 is 2.61 bits per heavy atom. The summed E-state index contributed by atoms with van der Waals surface area (Å²) >= 11 is 9.56. The number of carbonyl (C=O) groups is 1. The van der Waals surface area contributed by atoms with Crippen molar-refractivity contribution in [1.29, 1.82) is 0 Å². The van der Waals surface area contributed by atoms with Gasteiger partial charge in [0.05, 0.1) is 12.6 Å². The zero-order valence-electron chi connectivity index (χ0n) is 22.1.